The minimum atomic E-state index is -3.24. The highest BCUT2D eigenvalue weighted by atomic mass is 35.5. The third-order valence-corrected chi connectivity index (χ3v) is 10.0. The van der Waals surface area contributed by atoms with Gasteiger partial charge in [0.05, 0.1) is 19.1 Å². The molecule has 0 radical (unpaired) electrons. The first-order chi connectivity index (χ1) is 27.1. The smallest absolute Gasteiger partial charge is 0.411 e. The fourth-order valence-corrected chi connectivity index (χ4v) is 7.17. The number of anilines is 4. The molecule has 10 nitrogen and oxygen atoms in total. The molecule has 60 heavy (non-hydrogen) atoms. The van der Waals surface area contributed by atoms with Crippen LogP contribution in [0.4, 0.5) is 27.5 Å². The number of halogens is 3. The SMILES string of the molecule is C.C=S(C)(=O)Nc1ccc(C)cc1C(C)C.CC(=O)Nc1ccc(Cl)cc1C(C)C.CC(C)c1cc(Cl)ccc1NS(C)(=O)=O.COC(=O)Nc1ccc(Cl)cc1C(C)C. The number of rotatable bonds is 10. The second kappa shape index (κ2) is 25.7. The summed E-state index contributed by atoms with van der Waals surface area (Å²) in [5.74, 6) is 4.80. The van der Waals surface area contributed by atoms with Gasteiger partial charge in [-0.3, -0.25) is 14.8 Å². The lowest BCUT2D eigenvalue weighted by atomic mass is 9.99. The van der Waals surface area contributed by atoms with Crippen molar-refractivity contribution in [3.63, 3.8) is 0 Å². The van der Waals surface area contributed by atoms with Crippen LogP contribution in [0, 0.1) is 6.92 Å². The molecule has 2 amide bonds. The lowest BCUT2D eigenvalue weighted by Gasteiger charge is -2.16. The second-order valence-electron chi connectivity index (χ2n) is 15.2. The average Bonchev–Trinajstić information content (AvgIpc) is 3.10. The van der Waals surface area contributed by atoms with E-state index in [4.69, 9.17) is 34.8 Å². The molecule has 0 spiro atoms. The van der Waals surface area contributed by atoms with E-state index in [-0.39, 0.29) is 25.2 Å². The number of ether oxygens (including phenoxy) is 1. The van der Waals surface area contributed by atoms with Gasteiger partial charge in [0.2, 0.25) is 15.9 Å². The number of hydrogen-bond acceptors (Lipinski definition) is 6. The number of hydrogen-bond donors (Lipinski definition) is 4. The Hall–Kier alpha value is -3.94. The van der Waals surface area contributed by atoms with E-state index in [0.717, 1.165) is 40.0 Å². The third-order valence-electron chi connectivity index (χ3n) is 8.09. The van der Waals surface area contributed by atoms with Crippen molar-refractivity contribution >= 4 is 95.2 Å². The number of methoxy groups -OCH3 is 1. The molecule has 15 heteroatoms. The van der Waals surface area contributed by atoms with Crippen LogP contribution in [0.5, 0.6) is 0 Å². The van der Waals surface area contributed by atoms with E-state index in [0.29, 0.717) is 32.6 Å². The molecule has 334 valence electrons. The van der Waals surface area contributed by atoms with Gasteiger partial charge in [-0.15, -0.1) is 0 Å². The maximum absolute atomic E-state index is 11.6. The normalized spacial score (nSPS) is 11.7. The Morgan fingerprint density at radius 3 is 1.27 bits per heavy atom. The Morgan fingerprint density at radius 1 is 0.583 bits per heavy atom. The van der Waals surface area contributed by atoms with Crippen molar-refractivity contribution in [3.8, 4) is 0 Å². The monoisotopic (exact) mass is 926 g/mol. The molecule has 0 aromatic heterocycles. The zero-order valence-corrected chi connectivity index (χ0v) is 40.2. The summed E-state index contributed by atoms with van der Waals surface area (Å²) in [7, 11) is -4.10. The Balaban J connectivity index is 0.000000770. The largest absolute Gasteiger partial charge is 0.453 e. The predicted molar refractivity (Wildman–Crippen MR) is 262 cm³/mol. The van der Waals surface area contributed by atoms with Crippen molar-refractivity contribution in [1.29, 1.82) is 0 Å². The number of aryl methyl sites for hydroxylation is 1. The van der Waals surface area contributed by atoms with Gasteiger partial charge in [0.25, 0.3) is 0 Å². The van der Waals surface area contributed by atoms with Crippen LogP contribution in [0.2, 0.25) is 15.1 Å². The zero-order valence-electron chi connectivity index (χ0n) is 36.3. The van der Waals surface area contributed by atoms with Crippen molar-refractivity contribution in [2.45, 2.75) is 100 Å². The van der Waals surface area contributed by atoms with Gasteiger partial charge >= 0.3 is 6.09 Å². The highest BCUT2D eigenvalue weighted by molar-refractivity contribution is 8.00. The standard InChI is InChI=1S/C12H19NOS.C11H14ClNO2.C11H14ClNO.C10H14ClNO2S.CH4/c1-9(2)11-8-10(3)6-7-12(11)13-15(4,5)14;1-7(2)9-6-8(12)4-5-10(9)13-11(14)15-3;1-7(2)10-6-9(12)4-5-11(10)13-8(3)14;1-7(2)9-6-8(11)4-5-10(9)12-15(3,13)14;/h6-9H,4H2,1-3,5H3,(H,13,14);4-7H,1-3H3,(H,13,14);4-7H,1-3H3,(H,13,14);4-7,12H,1-3H3;1H4. The van der Waals surface area contributed by atoms with Gasteiger partial charge in [-0.1, -0.05) is 115 Å². The molecule has 0 saturated heterocycles. The van der Waals surface area contributed by atoms with E-state index in [1.54, 1.807) is 42.7 Å². The fraction of sp³-hybridized carbons (Fsp3) is 0.400. The van der Waals surface area contributed by atoms with Crippen molar-refractivity contribution in [2.24, 2.45) is 0 Å². The number of carbonyl (C=O) groups excluding carboxylic acids is 2. The Morgan fingerprint density at radius 2 is 0.917 bits per heavy atom. The molecule has 0 fully saturated rings. The fourth-order valence-electron chi connectivity index (χ4n) is 5.39. The second-order valence-corrected chi connectivity index (χ2v) is 20.5. The number of carbonyl (C=O) groups is 2. The molecule has 0 bridgehead atoms. The quantitative estimate of drug-likeness (QED) is 0.117. The van der Waals surface area contributed by atoms with Crippen LogP contribution < -0.4 is 20.1 Å². The first-order valence-electron chi connectivity index (χ1n) is 18.8. The van der Waals surface area contributed by atoms with Crippen molar-refractivity contribution < 1.29 is 27.0 Å². The van der Waals surface area contributed by atoms with E-state index in [9.17, 15) is 22.2 Å². The zero-order chi connectivity index (χ0) is 45.4. The summed E-state index contributed by atoms with van der Waals surface area (Å²) in [6.45, 7) is 20.0. The highest BCUT2D eigenvalue weighted by Gasteiger charge is 2.13. The number of amides is 2. The predicted octanol–water partition coefficient (Wildman–Crippen LogP) is 13.3. The summed E-state index contributed by atoms with van der Waals surface area (Å²) in [6, 6.07) is 22.1. The maximum atomic E-state index is 11.6. The molecule has 0 aliphatic rings. The molecule has 1 unspecified atom stereocenters. The van der Waals surface area contributed by atoms with Gasteiger partial charge in [-0.05, 0) is 119 Å². The van der Waals surface area contributed by atoms with Gasteiger partial charge < -0.3 is 14.8 Å². The highest BCUT2D eigenvalue weighted by Crippen LogP contribution is 2.30. The summed E-state index contributed by atoms with van der Waals surface area (Å²) < 4.78 is 43.8. The molecule has 4 rings (SSSR count). The van der Waals surface area contributed by atoms with Crippen LogP contribution in [0.25, 0.3) is 0 Å². The third kappa shape index (κ3) is 21.5. The van der Waals surface area contributed by atoms with Crippen LogP contribution in [-0.4, -0.2) is 50.1 Å². The lowest BCUT2D eigenvalue weighted by molar-refractivity contribution is -0.114. The molecule has 4 aromatic carbocycles. The van der Waals surface area contributed by atoms with E-state index in [1.165, 1.54) is 25.2 Å². The van der Waals surface area contributed by atoms with Crippen LogP contribution in [0.15, 0.2) is 72.8 Å². The van der Waals surface area contributed by atoms with E-state index < -0.39 is 25.8 Å². The summed E-state index contributed by atoms with van der Waals surface area (Å²) >= 11 is 17.6. The lowest BCUT2D eigenvalue weighted by Crippen LogP contribution is -2.12. The van der Waals surface area contributed by atoms with Gasteiger partial charge in [0.1, 0.15) is 0 Å². The molecule has 0 aliphatic heterocycles. The first kappa shape index (κ1) is 56.1. The molecule has 1 atom stereocenters. The molecule has 0 saturated carbocycles. The maximum Gasteiger partial charge on any atom is 0.411 e. The topological polar surface area (TPSA) is 143 Å². The molecular formula is C45H65Cl3N4O6S2. The Bertz CT molecular complexity index is 2160. The molecule has 4 aromatic rings. The van der Waals surface area contributed by atoms with E-state index in [1.807, 2.05) is 58.0 Å². The minimum absolute atomic E-state index is 0. The summed E-state index contributed by atoms with van der Waals surface area (Å²) in [4.78, 5) is 22.0. The average molecular weight is 929 g/mol. The van der Waals surface area contributed by atoms with Crippen molar-refractivity contribution in [1.82, 2.24) is 0 Å². The Kier molecular flexibility index (Phi) is 24.1. The molecular weight excluding hydrogens is 863 g/mol. The summed E-state index contributed by atoms with van der Waals surface area (Å²) in [6.07, 6.45) is 2.27. The van der Waals surface area contributed by atoms with Crippen molar-refractivity contribution in [3.05, 3.63) is 116 Å². The van der Waals surface area contributed by atoms with Crippen LogP contribution in [0.1, 0.15) is 121 Å². The van der Waals surface area contributed by atoms with Crippen LogP contribution in [0.3, 0.4) is 0 Å². The van der Waals surface area contributed by atoms with E-state index >= 15 is 0 Å². The van der Waals surface area contributed by atoms with E-state index in [2.05, 4.69) is 71.4 Å². The Labute approximate surface area is 375 Å². The summed E-state index contributed by atoms with van der Waals surface area (Å²) in [5.41, 5.74) is 8.46. The van der Waals surface area contributed by atoms with Gasteiger partial charge in [0, 0.05) is 55.0 Å². The van der Waals surface area contributed by atoms with Gasteiger partial charge in [-0.25, -0.2) is 17.4 Å². The first-order valence-corrected chi connectivity index (χ1v) is 24.0. The van der Waals surface area contributed by atoms with Gasteiger partial charge in [0.15, 0.2) is 0 Å². The van der Waals surface area contributed by atoms with Crippen molar-refractivity contribution in [2.75, 3.05) is 39.7 Å². The number of benzene rings is 4. The number of nitrogens with one attached hydrogen (secondary N) is 4. The summed E-state index contributed by atoms with van der Waals surface area (Å²) in [5, 5.41) is 7.40. The minimum Gasteiger partial charge on any atom is -0.453 e. The van der Waals surface area contributed by atoms with Gasteiger partial charge in [-0.2, -0.15) is 0 Å². The molecule has 0 aliphatic carbocycles. The van der Waals surface area contributed by atoms with Crippen LogP contribution in [-0.2, 0) is 29.3 Å². The number of sulfonamides is 1. The molecule has 4 N–H and O–H groups in total. The molecule has 0 heterocycles. The van der Waals surface area contributed by atoms with Crippen LogP contribution >= 0.6 is 34.8 Å².